The highest BCUT2D eigenvalue weighted by molar-refractivity contribution is 7.89. The van der Waals surface area contributed by atoms with E-state index in [9.17, 15) is 13.2 Å². The normalized spacial score (nSPS) is 16.2. The van der Waals surface area contributed by atoms with Gasteiger partial charge in [0.1, 0.15) is 6.04 Å². The summed E-state index contributed by atoms with van der Waals surface area (Å²) in [5.41, 5.74) is 4.45. The smallest absolute Gasteiger partial charge is 0.258 e. The van der Waals surface area contributed by atoms with Crippen molar-refractivity contribution in [1.82, 2.24) is 10.1 Å². The van der Waals surface area contributed by atoms with Crippen molar-refractivity contribution in [2.75, 3.05) is 0 Å². The topological polar surface area (TPSA) is 87.6 Å². The van der Waals surface area contributed by atoms with Gasteiger partial charge in [-0.15, -0.1) is 0 Å². The summed E-state index contributed by atoms with van der Waals surface area (Å²) < 4.78 is 27.5. The van der Waals surface area contributed by atoms with Crippen molar-refractivity contribution >= 4 is 21.6 Å². The molecule has 0 aromatic heterocycles. The second-order valence-electron chi connectivity index (χ2n) is 6.52. The van der Waals surface area contributed by atoms with Gasteiger partial charge in [0.05, 0.1) is 4.90 Å². The molecule has 6 nitrogen and oxygen atoms in total. The van der Waals surface area contributed by atoms with Crippen molar-refractivity contribution in [2.45, 2.75) is 57.4 Å². The van der Waals surface area contributed by atoms with Crippen molar-refractivity contribution < 1.29 is 13.2 Å². The molecule has 1 aliphatic carbocycles. The second-order valence-corrected chi connectivity index (χ2v) is 8.23. The largest absolute Gasteiger partial charge is 0.271 e. The molecule has 0 spiro atoms. The van der Waals surface area contributed by atoms with Crippen LogP contribution in [0.2, 0.25) is 0 Å². The highest BCUT2D eigenvalue weighted by Gasteiger charge is 2.28. The lowest BCUT2D eigenvalue weighted by Crippen LogP contribution is -2.48. The summed E-state index contributed by atoms with van der Waals surface area (Å²) in [6.45, 7) is 5.48. The Labute approximate surface area is 143 Å². The van der Waals surface area contributed by atoms with Gasteiger partial charge < -0.3 is 0 Å². The quantitative estimate of drug-likeness (QED) is 0.771. The van der Waals surface area contributed by atoms with E-state index < -0.39 is 22.0 Å². The van der Waals surface area contributed by atoms with Crippen LogP contribution < -0.4 is 10.1 Å². The van der Waals surface area contributed by atoms with E-state index >= 15 is 0 Å². The summed E-state index contributed by atoms with van der Waals surface area (Å²) in [5, 5.41) is 4.12. The van der Waals surface area contributed by atoms with Crippen LogP contribution in [0.4, 0.5) is 0 Å². The van der Waals surface area contributed by atoms with Crippen LogP contribution >= 0.6 is 0 Å². The molecule has 132 valence electrons. The molecular formula is C17H25N3O3S. The standard InChI is InChI=1S/C17H25N3O3S/c1-12(2)16(17(21)19-18-14-6-4-5-7-14)20-24(22,23)15-10-8-13(3)9-11-15/h8-12,16,20H,4-7H2,1-3H3,(H,19,21). The molecule has 0 radical (unpaired) electrons. The fourth-order valence-electron chi connectivity index (χ4n) is 2.54. The molecule has 2 N–H and O–H groups in total. The van der Waals surface area contributed by atoms with Gasteiger partial charge in [0, 0.05) is 5.71 Å². The van der Waals surface area contributed by atoms with Crippen LogP contribution in [0.5, 0.6) is 0 Å². The molecule has 7 heteroatoms. The third-order valence-electron chi connectivity index (χ3n) is 4.07. The van der Waals surface area contributed by atoms with Crippen molar-refractivity contribution in [3.05, 3.63) is 29.8 Å². The van der Waals surface area contributed by atoms with Gasteiger partial charge in [-0.3, -0.25) is 4.79 Å². The fourth-order valence-corrected chi connectivity index (χ4v) is 3.89. The number of hydrogen-bond donors (Lipinski definition) is 2. The number of hydrogen-bond acceptors (Lipinski definition) is 4. The van der Waals surface area contributed by atoms with Gasteiger partial charge >= 0.3 is 0 Å². The Morgan fingerprint density at radius 3 is 2.25 bits per heavy atom. The van der Waals surface area contributed by atoms with Crippen LogP contribution in [0.3, 0.4) is 0 Å². The van der Waals surface area contributed by atoms with E-state index in [1.165, 1.54) is 12.1 Å². The minimum atomic E-state index is -3.76. The predicted octanol–water partition coefficient (Wildman–Crippen LogP) is 2.34. The summed E-state index contributed by atoms with van der Waals surface area (Å²) in [4.78, 5) is 12.5. The third-order valence-corrected chi connectivity index (χ3v) is 5.52. The van der Waals surface area contributed by atoms with E-state index in [-0.39, 0.29) is 10.8 Å². The summed E-state index contributed by atoms with van der Waals surface area (Å²) in [6.07, 6.45) is 3.95. The van der Waals surface area contributed by atoms with E-state index in [0.29, 0.717) is 0 Å². The van der Waals surface area contributed by atoms with Gasteiger partial charge in [0.25, 0.3) is 5.91 Å². The molecule has 0 heterocycles. The lowest BCUT2D eigenvalue weighted by atomic mass is 10.1. The molecule has 1 unspecified atom stereocenters. The monoisotopic (exact) mass is 351 g/mol. The Morgan fingerprint density at radius 2 is 1.71 bits per heavy atom. The molecule has 0 saturated heterocycles. The van der Waals surface area contributed by atoms with Gasteiger partial charge in [0.2, 0.25) is 10.0 Å². The Balaban J connectivity index is 2.10. The van der Waals surface area contributed by atoms with Crippen LogP contribution in [-0.2, 0) is 14.8 Å². The third kappa shape index (κ3) is 4.88. The summed E-state index contributed by atoms with van der Waals surface area (Å²) in [6, 6.07) is 5.65. The van der Waals surface area contributed by atoms with E-state index in [1.54, 1.807) is 26.0 Å². The maximum absolute atomic E-state index is 12.5. The van der Waals surface area contributed by atoms with Gasteiger partial charge in [0.15, 0.2) is 0 Å². The lowest BCUT2D eigenvalue weighted by Gasteiger charge is -2.20. The molecule has 1 fully saturated rings. The van der Waals surface area contributed by atoms with E-state index in [1.807, 2.05) is 6.92 Å². The average molecular weight is 351 g/mol. The maximum atomic E-state index is 12.5. The molecule has 24 heavy (non-hydrogen) atoms. The molecule has 0 aliphatic heterocycles. The number of benzene rings is 1. The van der Waals surface area contributed by atoms with Gasteiger partial charge in [-0.25, -0.2) is 13.8 Å². The van der Waals surface area contributed by atoms with Crippen molar-refractivity contribution in [3.63, 3.8) is 0 Å². The predicted molar refractivity (Wildman–Crippen MR) is 94.2 cm³/mol. The lowest BCUT2D eigenvalue weighted by molar-refractivity contribution is -0.123. The van der Waals surface area contributed by atoms with Gasteiger partial charge in [-0.1, -0.05) is 31.5 Å². The summed E-state index contributed by atoms with van der Waals surface area (Å²) in [7, 11) is -3.76. The number of hydrazone groups is 1. The SMILES string of the molecule is Cc1ccc(S(=O)(=O)NC(C(=O)NN=C2CCCC2)C(C)C)cc1. The molecular weight excluding hydrogens is 326 g/mol. The molecule has 1 amide bonds. The number of carbonyl (C=O) groups excluding carboxylic acids is 1. The Hall–Kier alpha value is -1.73. The first-order chi connectivity index (χ1) is 11.3. The first-order valence-electron chi connectivity index (χ1n) is 8.24. The zero-order chi connectivity index (χ0) is 17.7. The first-order valence-corrected chi connectivity index (χ1v) is 9.72. The number of amides is 1. The van der Waals surface area contributed by atoms with Crippen molar-refractivity contribution in [2.24, 2.45) is 11.0 Å². The van der Waals surface area contributed by atoms with Crippen LogP contribution in [-0.4, -0.2) is 26.1 Å². The zero-order valence-corrected chi connectivity index (χ0v) is 15.2. The van der Waals surface area contributed by atoms with Crippen LogP contribution in [0.25, 0.3) is 0 Å². The Morgan fingerprint density at radius 1 is 1.12 bits per heavy atom. The number of sulfonamides is 1. The highest BCUT2D eigenvalue weighted by Crippen LogP contribution is 2.15. The average Bonchev–Trinajstić information content (AvgIpc) is 3.04. The summed E-state index contributed by atoms with van der Waals surface area (Å²) in [5.74, 6) is -0.630. The Kier molecular flexibility index (Phi) is 6.12. The van der Waals surface area contributed by atoms with E-state index in [4.69, 9.17) is 0 Å². The minimum absolute atomic E-state index is 0.147. The van der Waals surface area contributed by atoms with Gasteiger partial charge in [-0.05, 0) is 50.7 Å². The second kappa shape index (κ2) is 7.90. The van der Waals surface area contributed by atoms with E-state index in [2.05, 4.69) is 15.2 Å². The van der Waals surface area contributed by atoms with Gasteiger partial charge in [-0.2, -0.15) is 9.82 Å². The number of aryl methyl sites for hydroxylation is 1. The Bertz CT molecular complexity index is 701. The highest BCUT2D eigenvalue weighted by atomic mass is 32.2. The maximum Gasteiger partial charge on any atom is 0.258 e. The minimum Gasteiger partial charge on any atom is -0.271 e. The molecule has 1 aromatic carbocycles. The molecule has 1 atom stereocenters. The molecule has 1 saturated carbocycles. The number of rotatable bonds is 6. The van der Waals surface area contributed by atoms with Crippen LogP contribution in [0.1, 0.15) is 45.1 Å². The molecule has 2 rings (SSSR count). The zero-order valence-electron chi connectivity index (χ0n) is 14.4. The summed E-state index contributed by atoms with van der Waals surface area (Å²) >= 11 is 0. The van der Waals surface area contributed by atoms with Crippen LogP contribution in [0.15, 0.2) is 34.3 Å². The number of nitrogens with zero attached hydrogens (tertiary/aromatic N) is 1. The first kappa shape index (κ1) is 18.6. The van der Waals surface area contributed by atoms with Crippen molar-refractivity contribution in [3.8, 4) is 0 Å². The fraction of sp³-hybridized carbons (Fsp3) is 0.529. The molecule has 1 aliphatic rings. The molecule has 0 bridgehead atoms. The van der Waals surface area contributed by atoms with E-state index in [0.717, 1.165) is 37.0 Å². The van der Waals surface area contributed by atoms with Crippen LogP contribution in [0, 0.1) is 12.8 Å². The van der Waals surface area contributed by atoms with Crippen molar-refractivity contribution in [1.29, 1.82) is 0 Å². The number of nitrogens with one attached hydrogen (secondary N) is 2. The molecule has 1 aromatic rings. The number of carbonyl (C=O) groups is 1.